The molecule has 2 rings (SSSR count). The Kier molecular flexibility index (Phi) is 2.87. The summed E-state index contributed by atoms with van der Waals surface area (Å²) in [5, 5.41) is 0.166. The largest absolute Gasteiger partial charge is 0.490 e. The quantitative estimate of drug-likeness (QED) is 0.715. The molecule has 1 fully saturated rings. The number of aryl methyl sites for hydroxylation is 1. The first-order valence-corrected chi connectivity index (χ1v) is 5.92. The summed E-state index contributed by atoms with van der Waals surface area (Å²) < 4.78 is 18.9. The first-order valence-electron chi connectivity index (χ1n) is 5.48. The number of hydrogen-bond acceptors (Lipinski definition) is 1. The van der Waals surface area contributed by atoms with Crippen molar-refractivity contribution in [1.82, 2.24) is 0 Å². The van der Waals surface area contributed by atoms with Crippen LogP contribution in [0.25, 0.3) is 0 Å². The van der Waals surface area contributed by atoms with Crippen molar-refractivity contribution < 1.29 is 9.13 Å². The highest BCUT2D eigenvalue weighted by atomic mass is 35.5. The Morgan fingerprint density at radius 1 is 1.44 bits per heavy atom. The van der Waals surface area contributed by atoms with Crippen molar-refractivity contribution in [3.8, 4) is 5.75 Å². The molecule has 3 heteroatoms. The third-order valence-corrected chi connectivity index (χ3v) is 4.21. The van der Waals surface area contributed by atoms with E-state index in [1.807, 2.05) is 0 Å². The van der Waals surface area contributed by atoms with Gasteiger partial charge in [0.1, 0.15) is 17.7 Å². The Balaban J connectivity index is 2.08. The van der Waals surface area contributed by atoms with Crippen LogP contribution in [0.2, 0.25) is 0 Å². The van der Waals surface area contributed by atoms with Crippen molar-refractivity contribution in [3.05, 3.63) is 29.6 Å². The van der Waals surface area contributed by atoms with Gasteiger partial charge in [0, 0.05) is 17.2 Å². The van der Waals surface area contributed by atoms with Crippen LogP contribution in [0.1, 0.15) is 25.8 Å². The molecule has 0 spiro atoms. The molecule has 2 unspecified atom stereocenters. The van der Waals surface area contributed by atoms with Crippen molar-refractivity contribution >= 4 is 11.6 Å². The van der Waals surface area contributed by atoms with Crippen LogP contribution in [0.4, 0.5) is 4.39 Å². The second-order valence-corrected chi connectivity index (χ2v) is 5.57. The average Bonchev–Trinajstić information content (AvgIpc) is 2.23. The topological polar surface area (TPSA) is 9.23 Å². The molecule has 1 aromatic rings. The highest BCUT2D eigenvalue weighted by Gasteiger charge is 2.49. The molecule has 1 aliphatic rings. The number of alkyl halides is 1. The molecular weight excluding hydrogens is 227 g/mol. The van der Waals surface area contributed by atoms with Crippen LogP contribution in [0.3, 0.4) is 0 Å². The van der Waals surface area contributed by atoms with Crippen LogP contribution in [0, 0.1) is 18.2 Å². The predicted octanol–water partition coefficient (Wildman–Crippen LogP) is 3.92. The van der Waals surface area contributed by atoms with Gasteiger partial charge in [-0.3, -0.25) is 0 Å². The summed E-state index contributed by atoms with van der Waals surface area (Å²) in [6.07, 6.45) is 0.977. The Morgan fingerprint density at radius 2 is 2.12 bits per heavy atom. The molecule has 0 aromatic heterocycles. The van der Waals surface area contributed by atoms with Crippen LogP contribution < -0.4 is 4.74 Å². The summed E-state index contributed by atoms with van der Waals surface area (Å²) in [7, 11) is 0. The van der Waals surface area contributed by atoms with Gasteiger partial charge in [0.15, 0.2) is 0 Å². The van der Waals surface area contributed by atoms with E-state index in [2.05, 4.69) is 13.8 Å². The van der Waals surface area contributed by atoms with E-state index in [1.165, 1.54) is 6.07 Å². The number of benzene rings is 1. The summed E-state index contributed by atoms with van der Waals surface area (Å²) in [6, 6.07) is 4.83. The molecule has 0 saturated heterocycles. The summed E-state index contributed by atoms with van der Waals surface area (Å²) in [4.78, 5) is 0. The fourth-order valence-electron chi connectivity index (χ4n) is 1.89. The van der Waals surface area contributed by atoms with Gasteiger partial charge in [0.05, 0.1) is 0 Å². The minimum Gasteiger partial charge on any atom is -0.490 e. The van der Waals surface area contributed by atoms with E-state index < -0.39 is 0 Å². The van der Waals surface area contributed by atoms with Gasteiger partial charge in [-0.15, -0.1) is 11.6 Å². The number of rotatable bonds is 2. The molecule has 1 aliphatic carbocycles. The normalized spacial score (nSPS) is 27.3. The number of ether oxygens (including phenoxy) is 1. The van der Waals surface area contributed by atoms with Gasteiger partial charge in [0.2, 0.25) is 0 Å². The van der Waals surface area contributed by atoms with E-state index >= 15 is 0 Å². The minimum atomic E-state index is -0.199. The van der Waals surface area contributed by atoms with Gasteiger partial charge in [-0.1, -0.05) is 13.8 Å². The molecular formula is C13H16ClFO. The van der Waals surface area contributed by atoms with Gasteiger partial charge in [-0.2, -0.15) is 0 Å². The van der Waals surface area contributed by atoms with Gasteiger partial charge in [0.25, 0.3) is 0 Å². The van der Waals surface area contributed by atoms with Crippen molar-refractivity contribution in [2.24, 2.45) is 5.41 Å². The van der Waals surface area contributed by atoms with Crippen LogP contribution in [-0.4, -0.2) is 11.5 Å². The van der Waals surface area contributed by atoms with Gasteiger partial charge < -0.3 is 4.74 Å². The Hall–Kier alpha value is -0.760. The second kappa shape index (κ2) is 3.92. The minimum absolute atomic E-state index is 0.0101. The number of halogens is 2. The third kappa shape index (κ3) is 1.91. The molecule has 88 valence electrons. The Morgan fingerprint density at radius 3 is 2.62 bits per heavy atom. The van der Waals surface area contributed by atoms with Crippen molar-refractivity contribution in [1.29, 1.82) is 0 Å². The zero-order valence-corrected chi connectivity index (χ0v) is 10.5. The van der Waals surface area contributed by atoms with Crippen molar-refractivity contribution in [2.45, 2.75) is 38.7 Å². The van der Waals surface area contributed by atoms with E-state index in [1.54, 1.807) is 19.1 Å². The second-order valence-electron chi connectivity index (χ2n) is 5.04. The van der Waals surface area contributed by atoms with Gasteiger partial charge >= 0.3 is 0 Å². The van der Waals surface area contributed by atoms with E-state index in [-0.39, 0.29) is 22.7 Å². The summed E-state index contributed by atoms with van der Waals surface area (Å²) >= 11 is 6.12. The first-order chi connectivity index (χ1) is 7.41. The maximum Gasteiger partial charge on any atom is 0.126 e. The SMILES string of the molecule is Cc1cc(OC2CC(Cl)C2(C)C)ccc1F. The smallest absolute Gasteiger partial charge is 0.126 e. The standard InChI is InChI=1S/C13H16ClFO/c1-8-6-9(4-5-10(8)15)16-12-7-11(14)13(12,2)3/h4-6,11-12H,7H2,1-3H3. The monoisotopic (exact) mass is 242 g/mol. The lowest BCUT2D eigenvalue weighted by atomic mass is 9.68. The maximum atomic E-state index is 13.1. The zero-order valence-electron chi connectivity index (χ0n) is 9.76. The van der Waals surface area contributed by atoms with Gasteiger partial charge in [-0.05, 0) is 30.7 Å². The lowest BCUT2D eigenvalue weighted by molar-refractivity contribution is -0.0130. The Labute approximate surface area is 101 Å². The Bertz CT molecular complexity index is 403. The maximum absolute atomic E-state index is 13.1. The summed E-state index contributed by atoms with van der Waals surface area (Å²) in [5.41, 5.74) is 0.598. The molecule has 2 atom stereocenters. The molecule has 1 aromatic carbocycles. The lowest BCUT2D eigenvalue weighted by Gasteiger charge is -2.48. The first kappa shape index (κ1) is 11.7. The van der Waals surface area contributed by atoms with Crippen LogP contribution >= 0.6 is 11.6 Å². The van der Waals surface area contributed by atoms with Crippen molar-refractivity contribution in [2.75, 3.05) is 0 Å². The third-order valence-electron chi connectivity index (χ3n) is 3.47. The van der Waals surface area contributed by atoms with E-state index in [4.69, 9.17) is 16.3 Å². The molecule has 0 aliphatic heterocycles. The molecule has 0 heterocycles. The highest BCUT2D eigenvalue weighted by molar-refractivity contribution is 6.21. The molecule has 0 radical (unpaired) electrons. The fourth-order valence-corrected chi connectivity index (χ4v) is 2.19. The van der Waals surface area contributed by atoms with Crippen molar-refractivity contribution in [3.63, 3.8) is 0 Å². The van der Waals surface area contributed by atoms with E-state index in [9.17, 15) is 4.39 Å². The molecule has 1 nitrogen and oxygen atoms in total. The zero-order chi connectivity index (χ0) is 11.9. The predicted molar refractivity (Wildman–Crippen MR) is 63.6 cm³/mol. The van der Waals surface area contributed by atoms with Gasteiger partial charge in [-0.25, -0.2) is 4.39 Å². The van der Waals surface area contributed by atoms with Crippen LogP contribution in [0.5, 0.6) is 5.75 Å². The molecule has 1 saturated carbocycles. The van der Waals surface area contributed by atoms with E-state index in [0.717, 1.165) is 12.2 Å². The summed E-state index contributed by atoms with van der Waals surface area (Å²) in [6.45, 7) is 5.92. The fraction of sp³-hybridized carbons (Fsp3) is 0.538. The summed E-state index contributed by atoms with van der Waals surface area (Å²) in [5.74, 6) is 0.524. The highest BCUT2D eigenvalue weighted by Crippen LogP contribution is 2.46. The van der Waals surface area contributed by atoms with Crippen LogP contribution in [0.15, 0.2) is 18.2 Å². The lowest BCUT2D eigenvalue weighted by Crippen LogP contribution is -2.53. The molecule has 0 amide bonds. The van der Waals surface area contributed by atoms with Crippen LogP contribution in [-0.2, 0) is 0 Å². The molecule has 16 heavy (non-hydrogen) atoms. The van der Waals surface area contributed by atoms with E-state index in [0.29, 0.717) is 5.56 Å². The molecule has 0 N–H and O–H groups in total. The average molecular weight is 243 g/mol. The molecule has 0 bridgehead atoms. The number of hydrogen-bond donors (Lipinski definition) is 0.